The maximum atomic E-state index is 12.4. The average molecular weight is 372 g/mol. The molecule has 2 rings (SSSR count). The standard InChI is InChI=1S/C14H16N2O8S/c17-13(18)3-8-25(22,23)12-2-1-10(9-11(12)16(20)21)14(19)15-4-6-24-7-5-15/h1-2,9H,3-8H2,(H,17,18). The van der Waals surface area contributed by atoms with E-state index in [1.165, 1.54) is 11.0 Å². The van der Waals surface area contributed by atoms with E-state index in [1.54, 1.807) is 0 Å². The second-order valence-electron chi connectivity index (χ2n) is 5.31. The predicted octanol–water partition coefficient (Wildman–Crippen LogP) is 0.316. The van der Waals surface area contributed by atoms with Gasteiger partial charge in [-0.05, 0) is 12.1 Å². The molecule has 1 saturated heterocycles. The third-order valence-electron chi connectivity index (χ3n) is 3.62. The molecule has 1 aliphatic rings. The van der Waals surface area contributed by atoms with Crippen LogP contribution in [0.25, 0.3) is 0 Å². The third-order valence-corrected chi connectivity index (χ3v) is 5.38. The summed E-state index contributed by atoms with van der Waals surface area (Å²) in [6, 6.07) is 3.08. The lowest BCUT2D eigenvalue weighted by Crippen LogP contribution is -2.40. The first-order valence-corrected chi connectivity index (χ1v) is 8.97. The van der Waals surface area contributed by atoms with Crippen molar-refractivity contribution in [1.29, 1.82) is 0 Å². The van der Waals surface area contributed by atoms with Crippen LogP contribution in [-0.4, -0.2) is 67.3 Å². The molecular weight excluding hydrogens is 356 g/mol. The van der Waals surface area contributed by atoms with Gasteiger partial charge in [0, 0.05) is 24.7 Å². The van der Waals surface area contributed by atoms with E-state index in [1.807, 2.05) is 0 Å². The van der Waals surface area contributed by atoms with Crippen molar-refractivity contribution in [1.82, 2.24) is 4.90 Å². The monoisotopic (exact) mass is 372 g/mol. The molecule has 136 valence electrons. The van der Waals surface area contributed by atoms with Crippen LogP contribution >= 0.6 is 0 Å². The maximum absolute atomic E-state index is 12.4. The van der Waals surface area contributed by atoms with Crippen molar-refractivity contribution in [2.45, 2.75) is 11.3 Å². The molecule has 1 N–H and O–H groups in total. The van der Waals surface area contributed by atoms with Gasteiger partial charge in [0.15, 0.2) is 9.84 Å². The molecule has 0 aliphatic carbocycles. The number of rotatable bonds is 6. The van der Waals surface area contributed by atoms with E-state index in [4.69, 9.17) is 9.84 Å². The molecule has 1 aliphatic heterocycles. The van der Waals surface area contributed by atoms with Crippen LogP contribution < -0.4 is 0 Å². The molecule has 1 aromatic carbocycles. The summed E-state index contributed by atoms with van der Waals surface area (Å²) in [5.74, 6) is -2.55. The summed E-state index contributed by atoms with van der Waals surface area (Å²) in [4.78, 5) is 34.1. The Morgan fingerprint density at radius 3 is 2.48 bits per heavy atom. The molecule has 25 heavy (non-hydrogen) atoms. The van der Waals surface area contributed by atoms with Crippen molar-refractivity contribution < 1.29 is 32.8 Å². The molecule has 0 aromatic heterocycles. The SMILES string of the molecule is O=C(O)CCS(=O)(=O)c1ccc(C(=O)N2CCOCC2)cc1[N+](=O)[O-]. The number of nitrogens with zero attached hydrogens (tertiary/aromatic N) is 2. The number of ether oxygens (including phenoxy) is 1. The smallest absolute Gasteiger partial charge is 0.304 e. The van der Waals surface area contributed by atoms with Gasteiger partial charge in [-0.3, -0.25) is 19.7 Å². The molecular formula is C14H16N2O8S. The van der Waals surface area contributed by atoms with E-state index >= 15 is 0 Å². The first-order chi connectivity index (χ1) is 11.7. The minimum absolute atomic E-state index is 0.00853. The van der Waals surface area contributed by atoms with E-state index in [-0.39, 0.29) is 5.56 Å². The van der Waals surface area contributed by atoms with Crippen molar-refractivity contribution in [3.05, 3.63) is 33.9 Å². The normalized spacial score (nSPS) is 15.0. The number of hydrogen-bond acceptors (Lipinski definition) is 7. The van der Waals surface area contributed by atoms with E-state index in [2.05, 4.69) is 0 Å². The summed E-state index contributed by atoms with van der Waals surface area (Å²) < 4.78 is 29.5. The summed E-state index contributed by atoms with van der Waals surface area (Å²) >= 11 is 0. The Morgan fingerprint density at radius 1 is 1.28 bits per heavy atom. The second-order valence-corrected chi connectivity index (χ2v) is 7.38. The lowest BCUT2D eigenvalue weighted by molar-refractivity contribution is -0.387. The predicted molar refractivity (Wildman–Crippen MR) is 84.1 cm³/mol. The van der Waals surface area contributed by atoms with E-state index < -0.39 is 49.4 Å². The Balaban J connectivity index is 2.36. The van der Waals surface area contributed by atoms with Gasteiger partial charge < -0.3 is 14.7 Å². The lowest BCUT2D eigenvalue weighted by Gasteiger charge is -2.26. The van der Waals surface area contributed by atoms with Crippen molar-refractivity contribution in [3.8, 4) is 0 Å². The molecule has 0 unspecified atom stereocenters. The van der Waals surface area contributed by atoms with E-state index in [0.717, 1.165) is 12.1 Å². The summed E-state index contributed by atoms with van der Waals surface area (Å²) in [7, 11) is -4.17. The third kappa shape index (κ3) is 4.51. The number of carboxylic acids is 1. The minimum atomic E-state index is -4.17. The number of amides is 1. The molecule has 0 radical (unpaired) electrons. The topological polar surface area (TPSA) is 144 Å². The fourth-order valence-corrected chi connectivity index (χ4v) is 3.73. The van der Waals surface area contributed by atoms with Crippen molar-refractivity contribution in [2.24, 2.45) is 0 Å². The molecule has 1 fully saturated rings. The van der Waals surface area contributed by atoms with Gasteiger partial charge in [-0.1, -0.05) is 0 Å². The Labute approximate surface area is 143 Å². The largest absolute Gasteiger partial charge is 0.481 e. The number of carbonyl (C=O) groups excluding carboxylic acids is 1. The Bertz CT molecular complexity index is 799. The number of benzene rings is 1. The van der Waals surface area contributed by atoms with Crippen LogP contribution in [0.15, 0.2) is 23.1 Å². The molecule has 0 spiro atoms. The van der Waals surface area contributed by atoms with Crippen molar-refractivity contribution >= 4 is 27.4 Å². The summed E-state index contributed by atoms with van der Waals surface area (Å²) in [5, 5.41) is 19.8. The fourth-order valence-electron chi connectivity index (χ4n) is 2.34. The Hall–Kier alpha value is -2.53. The highest BCUT2D eigenvalue weighted by molar-refractivity contribution is 7.91. The lowest BCUT2D eigenvalue weighted by atomic mass is 10.1. The average Bonchev–Trinajstić information content (AvgIpc) is 2.59. The zero-order valence-electron chi connectivity index (χ0n) is 13.1. The van der Waals surface area contributed by atoms with Gasteiger partial charge in [-0.15, -0.1) is 0 Å². The molecule has 1 heterocycles. The number of nitro groups is 1. The maximum Gasteiger partial charge on any atom is 0.304 e. The van der Waals surface area contributed by atoms with Crippen LogP contribution in [0.1, 0.15) is 16.8 Å². The number of hydrogen-bond donors (Lipinski definition) is 1. The first-order valence-electron chi connectivity index (χ1n) is 7.32. The Morgan fingerprint density at radius 2 is 1.92 bits per heavy atom. The van der Waals surface area contributed by atoms with Crippen molar-refractivity contribution in [2.75, 3.05) is 32.1 Å². The van der Waals surface area contributed by atoms with Gasteiger partial charge in [0.05, 0.1) is 30.3 Å². The van der Waals surface area contributed by atoms with Crippen LogP contribution in [0, 0.1) is 10.1 Å². The number of aliphatic carboxylic acids is 1. The summed E-state index contributed by atoms with van der Waals surface area (Å²) in [6.07, 6.45) is -0.673. The highest BCUT2D eigenvalue weighted by Gasteiger charge is 2.29. The highest BCUT2D eigenvalue weighted by Crippen LogP contribution is 2.27. The van der Waals surface area contributed by atoms with Gasteiger partial charge in [-0.25, -0.2) is 8.42 Å². The minimum Gasteiger partial charge on any atom is -0.481 e. The van der Waals surface area contributed by atoms with Gasteiger partial charge in [0.25, 0.3) is 11.6 Å². The number of morpholine rings is 1. The zero-order valence-corrected chi connectivity index (χ0v) is 13.9. The van der Waals surface area contributed by atoms with Crippen LogP contribution in [0.4, 0.5) is 5.69 Å². The molecule has 11 heteroatoms. The fraction of sp³-hybridized carbons (Fsp3) is 0.429. The number of nitro benzene ring substituents is 1. The quantitative estimate of drug-likeness (QED) is 0.555. The number of sulfone groups is 1. The van der Waals surface area contributed by atoms with Crippen molar-refractivity contribution in [3.63, 3.8) is 0 Å². The number of carbonyl (C=O) groups is 2. The van der Waals surface area contributed by atoms with E-state index in [0.29, 0.717) is 26.3 Å². The Kier molecular flexibility index (Phi) is 5.69. The molecule has 1 aromatic rings. The van der Waals surface area contributed by atoms with Crippen LogP contribution in [0.5, 0.6) is 0 Å². The van der Waals surface area contributed by atoms with Crippen LogP contribution in [-0.2, 0) is 19.4 Å². The van der Waals surface area contributed by atoms with E-state index in [9.17, 15) is 28.1 Å². The van der Waals surface area contributed by atoms with Gasteiger partial charge in [-0.2, -0.15) is 0 Å². The summed E-state index contributed by atoms with van der Waals surface area (Å²) in [5.41, 5.74) is -0.754. The van der Waals surface area contributed by atoms with Crippen LogP contribution in [0.2, 0.25) is 0 Å². The molecule has 0 saturated carbocycles. The number of carboxylic acid groups (broad SMARTS) is 1. The first kappa shape index (κ1) is 18.8. The molecule has 0 atom stereocenters. The van der Waals surface area contributed by atoms with Gasteiger partial charge >= 0.3 is 5.97 Å². The second kappa shape index (κ2) is 7.57. The van der Waals surface area contributed by atoms with Crippen LogP contribution in [0.3, 0.4) is 0 Å². The highest BCUT2D eigenvalue weighted by atomic mass is 32.2. The molecule has 0 bridgehead atoms. The molecule has 10 nitrogen and oxygen atoms in total. The zero-order chi connectivity index (χ0) is 18.6. The molecule has 1 amide bonds. The summed E-state index contributed by atoms with van der Waals surface area (Å²) in [6.45, 7) is 1.39. The van der Waals surface area contributed by atoms with Gasteiger partial charge in [0.2, 0.25) is 0 Å². The van der Waals surface area contributed by atoms with Gasteiger partial charge in [0.1, 0.15) is 4.90 Å².